The predicted octanol–water partition coefficient (Wildman–Crippen LogP) is 3.15. The second-order valence-electron chi connectivity index (χ2n) is 6.05. The minimum absolute atomic E-state index is 0.351. The molecule has 3 rings (SSSR count). The largest absolute Gasteiger partial charge is 0.480 e. The van der Waals surface area contributed by atoms with E-state index >= 15 is 0 Å². The van der Waals surface area contributed by atoms with E-state index in [0.717, 1.165) is 29.4 Å². The van der Waals surface area contributed by atoms with Gasteiger partial charge < -0.3 is 10.4 Å². The summed E-state index contributed by atoms with van der Waals surface area (Å²) in [5, 5.41) is 16.5. The zero-order chi connectivity index (χ0) is 17.2. The van der Waals surface area contributed by atoms with E-state index in [0.29, 0.717) is 18.4 Å². The van der Waals surface area contributed by atoms with Crippen LogP contribution in [0.5, 0.6) is 0 Å². The molecular weight excluding hydrogens is 374 g/mol. The first-order valence-electron chi connectivity index (χ1n) is 7.87. The molecule has 1 aliphatic rings. The summed E-state index contributed by atoms with van der Waals surface area (Å²) in [7, 11) is 0. The van der Waals surface area contributed by atoms with Crippen molar-refractivity contribution >= 4 is 27.8 Å². The van der Waals surface area contributed by atoms with Crippen molar-refractivity contribution in [3.63, 3.8) is 0 Å². The molecule has 1 heterocycles. The Labute approximate surface area is 148 Å². The van der Waals surface area contributed by atoms with Gasteiger partial charge in [-0.05, 0) is 37.1 Å². The van der Waals surface area contributed by atoms with E-state index in [-0.39, 0.29) is 0 Å². The number of carboxylic acids is 1. The predicted molar refractivity (Wildman–Crippen MR) is 92.2 cm³/mol. The lowest BCUT2D eigenvalue weighted by atomic mass is 9.81. The Morgan fingerprint density at radius 3 is 2.46 bits per heavy atom. The van der Waals surface area contributed by atoms with Gasteiger partial charge in [0.2, 0.25) is 0 Å². The van der Waals surface area contributed by atoms with Gasteiger partial charge in [-0.3, -0.25) is 4.79 Å². The van der Waals surface area contributed by atoms with Gasteiger partial charge in [-0.1, -0.05) is 35.2 Å². The number of aromatic nitrogens is 2. The smallest absolute Gasteiger partial charge is 0.329 e. The normalized spacial score (nSPS) is 16.5. The van der Waals surface area contributed by atoms with Crippen LogP contribution >= 0.6 is 15.9 Å². The summed E-state index contributed by atoms with van der Waals surface area (Å²) in [6.07, 6.45) is 6.62. The number of amides is 1. The lowest BCUT2D eigenvalue weighted by molar-refractivity contribution is -0.145. The van der Waals surface area contributed by atoms with Crippen molar-refractivity contribution in [2.75, 3.05) is 0 Å². The van der Waals surface area contributed by atoms with Crippen LogP contribution in [0.2, 0.25) is 0 Å². The standard InChI is InChI=1S/C17H18BrN3O3/c18-13-4-6-14(7-5-13)21-11-12(10-19-21)15(22)20-17(16(23)24)8-2-1-3-9-17/h4-7,10-11H,1-3,8-9H2,(H,20,22)(H,23,24). The average molecular weight is 392 g/mol. The van der Waals surface area contributed by atoms with Crippen molar-refractivity contribution in [3.05, 3.63) is 46.7 Å². The molecule has 0 bridgehead atoms. The molecule has 1 aromatic carbocycles. The van der Waals surface area contributed by atoms with Crippen LogP contribution in [0, 0.1) is 0 Å². The van der Waals surface area contributed by atoms with Gasteiger partial charge in [-0.2, -0.15) is 5.10 Å². The van der Waals surface area contributed by atoms with E-state index in [2.05, 4.69) is 26.3 Å². The molecule has 0 unspecified atom stereocenters. The minimum atomic E-state index is -1.16. The van der Waals surface area contributed by atoms with Gasteiger partial charge in [0.15, 0.2) is 0 Å². The van der Waals surface area contributed by atoms with Crippen LogP contribution in [-0.2, 0) is 4.79 Å². The summed E-state index contributed by atoms with van der Waals surface area (Å²) >= 11 is 3.37. The molecule has 24 heavy (non-hydrogen) atoms. The lowest BCUT2D eigenvalue weighted by Gasteiger charge is -2.33. The van der Waals surface area contributed by atoms with Crippen LogP contribution in [-0.4, -0.2) is 32.3 Å². The Bertz CT molecular complexity index is 749. The van der Waals surface area contributed by atoms with Crippen LogP contribution in [0.3, 0.4) is 0 Å². The molecule has 2 N–H and O–H groups in total. The Kier molecular flexibility index (Phi) is 4.71. The zero-order valence-electron chi connectivity index (χ0n) is 13.0. The maximum atomic E-state index is 12.5. The van der Waals surface area contributed by atoms with Crippen molar-refractivity contribution in [2.45, 2.75) is 37.6 Å². The molecule has 0 spiro atoms. The zero-order valence-corrected chi connectivity index (χ0v) is 14.6. The number of aliphatic carboxylic acids is 1. The molecule has 6 nitrogen and oxygen atoms in total. The molecule has 1 amide bonds. The number of hydrogen-bond acceptors (Lipinski definition) is 3. The quantitative estimate of drug-likeness (QED) is 0.837. The van der Waals surface area contributed by atoms with Crippen molar-refractivity contribution in [3.8, 4) is 5.69 Å². The summed E-state index contributed by atoms with van der Waals surface area (Å²) < 4.78 is 2.55. The molecule has 126 valence electrons. The van der Waals surface area contributed by atoms with Gasteiger partial charge >= 0.3 is 5.97 Å². The monoisotopic (exact) mass is 391 g/mol. The number of carbonyl (C=O) groups is 2. The molecule has 0 radical (unpaired) electrons. The molecule has 2 aromatic rings. The highest BCUT2D eigenvalue weighted by Crippen LogP contribution is 2.29. The van der Waals surface area contributed by atoms with Gasteiger partial charge in [0.1, 0.15) is 5.54 Å². The van der Waals surface area contributed by atoms with Crippen molar-refractivity contribution in [2.24, 2.45) is 0 Å². The third-order valence-corrected chi connectivity index (χ3v) is 4.93. The van der Waals surface area contributed by atoms with Gasteiger partial charge in [0.25, 0.3) is 5.91 Å². The topological polar surface area (TPSA) is 84.2 Å². The van der Waals surface area contributed by atoms with E-state index < -0.39 is 17.4 Å². The molecule has 1 aliphatic carbocycles. The summed E-state index contributed by atoms with van der Waals surface area (Å²) in [4.78, 5) is 24.1. The summed E-state index contributed by atoms with van der Waals surface area (Å²) in [6.45, 7) is 0. The van der Waals surface area contributed by atoms with Crippen LogP contribution in [0.15, 0.2) is 41.1 Å². The number of carbonyl (C=O) groups excluding carboxylic acids is 1. The highest BCUT2D eigenvalue weighted by atomic mass is 79.9. The van der Waals surface area contributed by atoms with Crippen LogP contribution < -0.4 is 5.32 Å². The van der Waals surface area contributed by atoms with Crippen molar-refractivity contribution < 1.29 is 14.7 Å². The minimum Gasteiger partial charge on any atom is -0.480 e. The van der Waals surface area contributed by atoms with Gasteiger partial charge in [0, 0.05) is 10.7 Å². The van der Waals surface area contributed by atoms with Crippen LogP contribution in [0.4, 0.5) is 0 Å². The number of nitrogens with zero attached hydrogens (tertiary/aromatic N) is 2. The van der Waals surface area contributed by atoms with Gasteiger partial charge in [-0.15, -0.1) is 0 Å². The molecule has 1 saturated carbocycles. The summed E-state index contributed by atoms with van der Waals surface area (Å²) in [6, 6.07) is 7.52. The lowest BCUT2D eigenvalue weighted by Crippen LogP contribution is -2.55. The average Bonchev–Trinajstić information content (AvgIpc) is 3.06. The first-order chi connectivity index (χ1) is 11.5. The fourth-order valence-electron chi connectivity index (χ4n) is 3.01. The van der Waals surface area contributed by atoms with E-state index in [9.17, 15) is 14.7 Å². The first kappa shape index (κ1) is 16.7. The van der Waals surface area contributed by atoms with Gasteiger partial charge in [-0.25, -0.2) is 9.48 Å². The van der Waals surface area contributed by atoms with E-state index in [1.807, 2.05) is 24.3 Å². The summed E-state index contributed by atoms with van der Waals surface area (Å²) in [5.41, 5.74) is 0.0154. The molecular formula is C17H18BrN3O3. The fraction of sp³-hybridized carbons (Fsp3) is 0.353. The molecule has 1 fully saturated rings. The van der Waals surface area contributed by atoms with Crippen molar-refractivity contribution in [1.82, 2.24) is 15.1 Å². The number of benzene rings is 1. The third-order valence-electron chi connectivity index (χ3n) is 4.41. The molecule has 0 saturated heterocycles. The van der Waals surface area contributed by atoms with Crippen molar-refractivity contribution in [1.29, 1.82) is 0 Å². The number of halogens is 1. The van der Waals surface area contributed by atoms with E-state index in [1.54, 1.807) is 10.9 Å². The SMILES string of the molecule is O=C(NC1(C(=O)O)CCCCC1)c1cnn(-c2ccc(Br)cc2)c1. The highest BCUT2D eigenvalue weighted by Gasteiger charge is 2.41. The molecule has 1 aromatic heterocycles. The first-order valence-corrected chi connectivity index (χ1v) is 8.66. The molecule has 0 atom stereocenters. The molecule has 7 heteroatoms. The fourth-order valence-corrected chi connectivity index (χ4v) is 3.28. The van der Waals surface area contributed by atoms with Crippen LogP contribution in [0.25, 0.3) is 5.69 Å². The number of nitrogens with one attached hydrogen (secondary N) is 1. The Morgan fingerprint density at radius 2 is 1.83 bits per heavy atom. The third kappa shape index (κ3) is 3.36. The van der Waals surface area contributed by atoms with Crippen LogP contribution in [0.1, 0.15) is 42.5 Å². The number of carboxylic acid groups (broad SMARTS) is 1. The maximum absolute atomic E-state index is 12.5. The second kappa shape index (κ2) is 6.76. The highest BCUT2D eigenvalue weighted by molar-refractivity contribution is 9.10. The van der Waals surface area contributed by atoms with Gasteiger partial charge in [0.05, 0.1) is 17.4 Å². The Balaban J connectivity index is 1.78. The summed E-state index contributed by atoms with van der Waals surface area (Å²) in [5.74, 6) is -1.36. The Morgan fingerprint density at radius 1 is 1.17 bits per heavy atom. The molecule has 0 aliphatic heterocycles. The second-order valence-corrected chi connectivity index (χ2v) is 6.97. The Hall–Kier alpha value is -2.15. The number of hydrogen-bond donors (Lipinski definition) is 2. The number of rotatable bonds is 4. The van der Waals surface area contributed by atoms with E-state index in [1.165, 1.54) is 6.20 Å². The maximum Gasteiger partial charge on any atom is 0.329 e. The van der Waals surface area contributed by atoms with E-state index in [4.69, 9.17) is 0 Å².